The third kappa shape index (κ3) is 4.06. The van der Waals surface area contributed by atoms with Gasteiger partial charge in [-0.25, -0.2) is 4.98 Å². The number of hydrogen-bond acceptors (Lipinski definition) is 7. The molecule has 1 aliphatic heterocycles. The van der Waals surface area contributed by atoms with Crippen LogP contribution in [-0.2, 0) is 0 Å². The number of non-ortho nitro benzene ring substituents is 1. The Morgan fingerprint density at radius 1 is 1.14 bits per heavy atom. The molecule has 0 spiro atoms. The number of carbonyl (C=O) groups excluding carboxylic acids is 1. The van der Waals surface area contributed by atoms with Crippen LogP contribution in [0.1, 0.15) is 10.4 Å². The van der Waals surface area contributed by atoms with Crippen LogP contribution >= 0.6 is 27.3 Å². The molecule has 2 aromatic carbocycles. The Morgan fingerprint density at radius 3 is 2.54 bits per heavy atom. The van der Waals surface area contributed by atoms with Gasteiger partial charge in [-0.05, 0) is 18.2 Å². The number of aromatic nitrogens is 1. The quantitative estimate of drug-likeness (QED) is 0.325. The fourth-order valence-corrected chi connectivity index (χ4v) is 4.49. The summed E-state index contributed by atoms with van der Waals surface area (Å²) in [4.78, 5) is 31.9. The maximum absolute atomic E-state index is 12.4. The van der Waals surface area contributed by atoms with E-state index in [0.29, 0.717) is 6.54 Å². The number of piperazine rings is 1. The molecule has 0 radical (unpaired) electrons. The Bertz CT molecular complexity index is 1030. The van der Waals surface area contributed by atoms with E-state index >= 15 is 0 Å². The van der Waals surface area contributed by atoms with E-state index in [0.717, 1.165) is 51.6 Å². The number of ketones is 1. The summed E-state index contributed by atoms with van der Waals surface area (Å²) in [6, 6.07) is 12.2. The van der Waals surface area contributed by atoms with Crippen molar-refractivity contribution in [1.82, 2.24) is 9.88 Å². The van der Waals surface area contributed by atoms with Crippen molar-refractivity contribution in [3.05, 3.63) is 62.6 Å². The lowest BCUT2D eigenvalue weighted by molar-refractivity contribution is -0.384. The Kier molecular flexibility index (Phi) is 5.38. The van der Waals surface area contributed by atoms with Crippen molar-refractivity contribution in [3.63, 3.8) is 0 Å². The van der Waals surface area contributed by atoms with Crippen LogP contribution in [0.15, 0.2) is 46.9 Å². The Labute approximate surface area is 173 Å². The molecular weight excluding hydrogens is 444 g/mol. The molecule has 0 bridgehead atoms. The zero-order valence-electron chi connectivity index (χ0n) is 14.9. The molecule has 0 unspecified atom stereocenters. The van der Waals surface area contributed by atoms with Gasteiger partial charge in [-0.2, -0.15) is 0 Å². The van der Waals surface area contributed by atoms with Gasteiger partial charge in [-0.3, -0.25) is 19.8 Å². The first-order valence-corrected chi connectivity index (χ1v) is 10.4. The number of thiazole rings is 1. The molecule has 1 saturated heterocycles. The van der Waals surface area contributed by atoms with E-state index in [2.05, 4.69) is 30.7 Å². The first-order chi connectivity index (χ1) is 13.5. The van der Waals surface area contributed by atoms with E-state index in [9.17, 15) is 14.9 Å². The SMILES string of the molecule is O=C(CN1CCN(c2nc3ccc([N+](=O)[O-])cc3s2)CC1)c1ccc(Br)cc1. The number of rotatable bonds is 5. The third-order valence-corrected chi connectivity index (χ3v) is 6.36. The summed E-state index contributed by atoms with van der Waals surface area (Å²) >= 11 is 4.85. The fourth-order valence-electron chi connectivity index (χ4n) is 3.18. The number of nitrogens with zero attached hydrogens (tertiary/aromatic N) is 4. The molecule has 1 fully saturated rings. The molecule has 9 heteroatoms. The summed E-state index contributed by atoms with van der Waals surface area (Å²) in [5, 5.41) is 11.8. The predicted octanol–water partition coefficient (Wildman–Crippen LogP) is 3.97. The summed E-state index contributed by atoms with van der Waals surface area (Å²) < 4.78 is 1.77. The van der Waals surface area contributed by atoms with Crippen molar-refractivity contribution < 1.29 is 9.72 Å². The van der Waals surface area contributed by atoms with Crippen LogP contribution in [0.5, 0.6) is 0 Å². The van der Waals surface area contributed by atoms with Crippen molar-refractivity contribution in [1.29, 1.82) is 0 Å². The topological polar surface area (TPSA) is 79.6 Å². The normalized spacial score (nSPS) is 15.1. The monoisotopic (exact) mass is 460 g/mol. The van der Waals surface area contributed by atoms with Gasteiger partial charge in [0.05, 0.1) is 21.7 Å². The molecule has 0 aliphatic carbocycles. The number of benzene rings is 2. The molecule has 7 nitrogen and oxygen atoms in total. The minimum Gasteiger partial charge on any atom is -0.345 e. The van der Waals surface area contributed by atoms with E-state index in [4.69, 9.17) is 0 Å². The molecule has 0 atom stereocenters. The lowest BCUT2D eigenvalue weighted by Gasteiger charge is -2.34. The van der Waals surface area contributed by atoms with Gasteiger partial charge >= 0.3 is 0 Å². The number of anilines is 1. The highest BCUT2D eigenvalue weighted by Gasteiger charge is 2.22. The highest BCUT2D eigenvalue weighted by Crippen LogP contribution is 2.31. The van der Waals surface area contributed by atoms with Gasteiger partial charge in [0, 0.05) is 48.3 Å². The van der Waals surface area contributed by atoms with Gasteiger partial charge in [0.2, 0.25) is 0 Å². The summed E-state index contributed by atoms with van der Waals surface area (Å²) in [5.41, 5.74) is 1.58. The van der Waals surface area contributed by atoms with Gasteiger partial charge in [0.15, 0.2) is 10.9 Å². The zero-order chi connectivity index (χ0) is 19.7. The molecule has 1 aliphatic rings. The second-order valence-electron chi connectivity index (χ2n) is 6.60. The second kappa shape index (κ2) is 7.94. The number of halogens is 1. The number of Topliss-reactive ketones (excluding diaryl/α,β-unsaturated/α-hetero) is 1. The summed E-state index contributed by atoms with van der Waals surface area (Å²) in [6.45, 7) is 3.50. The highest BCUT2D eigenvalue weighted by molar-refractivity contribution is 9.10. The van der Waals surface area contributed by atoms with E-state index in [1.807, 2.05) is 24.3 Å². The van der Waals surface area contributed by atoms with Crippen LogP contribution < -0.4 is 4.90 Å². The first-order valence-electron chi connectivity index (χ1n) is 8.81. The number of hydrogen-bond donors (Lipinski definition) is 0. The van der Waals surface area contributed by atoms with Gasteiger partial charge in [0.1, 0.15) is 0 Å². The van der Waals surface area contributed by atoms with Gasteiger partial charge in [-0.1, -0.05) is 39.4 Å². The average Bonchev–Trinajstić information content (AvgIpc) is 3.12. The molecule has 0 amide bonds. The molecule has 1 aromatic heterocycles. The third-order valence-electron chi connectivity index (χ3n) is 4.75. The first kappa shape index (κ1) is 19.0. The van der Waals surface area contributed by atoms with Crippen molar-refractivity contribution in [2.45, 2.75) is 0 Å². The van der Waals surface area contributed by atoms with Crippen LogP contribution in [0.3, 0.4) is 0 Å². The maximum Gasteiger partial charge on any atom is 0.270 e. The summed E-state index contributed by atoms with van der Waals surface area (Å²) in [7, 11) is 0. The van der Waals surface area contributed by atoms with Gasteiger partial charge < -0.3 is 4.90 Å². The van der Waals surface area contributed by atoms with Crippen molar-refractivity contribution >= 4 is 54.1 Å². The Hall–Kier alpha value is -2.36. The highest BCUT2D eigenvalue weighted by atomic mass is 79.9. The summed E-state index contributed by atoms with van der Waals surface area (Å²) in [6.07, 6.45) is 0. The van der Waals surface area contributed by atoms with Crippen LogP contribution in [0.4, 0.5) is 10.8 Å². The maximum atomic E-state index is 12.4. The second-order valence-corrected chi connectivity index (χ2v) is 8.52. The van der Waals surface area contributed by atoms with Gasteiger partial charge in [0.25, 0.3) is 5.69 Å². The largest absolute Gasteiger partial charge is 0.345 e. The Balaban J connectivity index is 1.38. The van der Waals surface area contributed by atoms with E-state index in [-0.39, 0.29) is 16.4 Å². The number of carbonyl (C=O) groups is 1. The molecule has 4 rings (SSSR count). The van der Waals surface area contributed by atoms with Crippen molar-refractivity contribution in [3.8, 4) is 0 Å². The lowest BCUT2D eigenvalue weighted by Crippen LogP contribution is -2.48. The van der Waals surface area contributed by atoms with Crippen LogP contribution in [-0.4, -0.2) is 53.3 Å². The number of fused-ring (bicyclic) bond motifs is 1. The van der Waals surface area contributed by atoms with E-state index < -0.39 is 0 Å². The molecule has 0 saturated carbocycles. The number of nitro groups is 1. The standard InChI is InChI=1S/C19H17BrN4O3S/c20-14-3-1-13(2-4-14)17(25)12-22-7-9-23(10-8-22)19-21-16-6-5-15(24(26)27)11-18(16)28-19/h1-6,11H,7-10,12H2. The molecule has 0 N–H and O–H groups in total. The van der Waals surface area contributed by atoms with Crippen molar-refractivity contribution in [2.75, 3.05) is 37.6 Å². The van der Waals surface area contributed by atoms with E-state index in [1.54, 1.807) is 12.1 Å². The van der Waals surface area contributed by atoms with Crippen molar-refractivity contribution in [2.24, 2.45) is 0 Å². The molecule has 2 heterocycles. The number of nitro benzene ring substituents is 1. The van der Waals surface area contributed by atoms with Crippen LogP contribution in [0.2, 0.25) is 0 Å². The van der Waals surface area contributed by atoms with Gasteiger partial charge in [-0.15, -0.1) is 0 Å². The average molecular weight is 461 g/mol. The smallest absolute Gasteiger partial charge is 0.270 e. The predicted molar refractivity (Wildman–Crippen MR) is 113 cm³/mol. The minimum atomic E-state index is -0.389. The minimum absolute atomic E-state index is 0.0824. The Morgan fingerprint density at radius 2 is 1.86 bits per heavy atom. The van der Waals surface area contributed by atoms with Crippen LogP contribution in [0, 0.1) is 10.1 Å². The molecule has 28 heavy (non-hydrogen) atoms. The zero-order valence-corrected chi connectivity index (χ0v) is 17.3. The van der Waals surface area contributed by atoms with Crippen LogP contribution in [0.25, 0.3) is 10.2 Å². The fraction of sp³-hybridized carbons (Fsp3) is 0.263. The molecular formula is C19H17BrN4O3S. The van der Waals surface area contributed by atoms with E-state index in [1.165, 1.54) is 17.4 Å². The molecule has 3 aromatic rings. The summed E-state index contributed by atoms with van der Waals surface area (Å²) in [5.74, 6) is 0.119. The lowest BCUT2D eigenvalue weighted by atomic mass is 10.1. The molecule has 144 valence electrons.